The fourth-order valence-electron chi connectivity index (χ4n) is 4.28. The summed E-state index contributed by atoms with van der Waals surface area (Å²) in [5.41, 5.74) is 6.28. The van der Waals surface area contributed by atoms with Gasteiger partial charge in [-0.2, -0.15) is 0 Å². The Morgan fingerprint density at radius 2 is 1.97 bits per heavy atom. The van der Waals surface area contributed by atoms with Crippen LogP contribution in [0.15, 0.2) is 28.7 Å². The molecule has 2 fully saturated rings. The van der Waals surface area contributed by atoms with Crippen molar-refractivity contribution in [2.75, 3.05) is 13.1 Å². The Kier molecular flexibility index (Phi) is 5.58. The van der Waals surface area contributed by atoms with Crippen molar-refractivity contribution >= 4 is 23.4 Å². The van der Waals surface area contributed by atoms with E-state index in [0.29, 0.717) is 36.3 Å². The zero-order chi connectivity index (χ0) is 20.4. The van der Waals surface area contributed by atoms with E-state index < -0.39 is 0 Å². The summed E-state index contributed by atoms with van der Waals surface area (Å²) < 4.78 is 5.97. The normalized spacial score (nSPS) is 20.9. The predicted molar refractivity (Wildman–Crippen MR) is 107 cm³/mol. The minimum atomic E-state index is -0.336. The number of hydrogen-bond donors (Lipinski definition) is 1. The van der Waals surface area contributed by atoms with Crippen LogP contribution in [0.3, 0.4) is 0 Å². The quantitative estimate of drug-likeness (QED) is 0.779. The minimum absolute atomic E-state index is 0.00763. The molecule has 154 valence electrons. The number of halogens is 1. The molecule has 1 atom stereocenters. The first-order valence-electron chi connectivity index (χ1n) is 10.1. The molecule has 0 bridgehead atoms. The van der Waals surface area contributed by atoms with Gasteiger partial charge in [0.25, 0.3) is 0 Å². The minimum Gasteiger partial charge on any atom is -0.424 e. The number of amides is 2. The molecular formula is C21H25ClN4O3. The van der Waals surface area contributed by atoms with Crippen molar-refractivity contribution in [3.63, 3.8) is 0 Å². The highest BCUT2D eigenvalue weighted by molar-refractivity contribution is 6.30. The first-order chi connectivity index (χ1) is 14.0. The van der Waals surface area contributed by atoms with Gasteiger partial charge in [0.05, 0.1) is 11.3 Å². The van der Waals surface area contributed by atoms with Crippen LogP contribution in [0.4, 0.5) is 0 Å². The summed E-state index contributed by atoms with van der Waals surface area (Å²) in [4.78, 5) is 25.7. The Balaban J connectivity index is 1.40. The van der Waals surface area contributed by atoms with Gasteiger partial charge in [0.15, 0.2) is 0 Å². The molecule has 0 spiro atoms. The van der Waals surface area contributed by atoms with E-state index in [0.717, 1.165) is 37.7 Å². The molecule has 2 N–H and O–H groups in total. The molecular weight excluding hydrogens is 392 g/mol. The van der Waals surface area contributed by atoms with Gasteiger partial charge in [0.2, 0.25) is 23.6 Å². The molecule has 7 nitrogen and oxygen atoms in total. The Morgan fingerprint density at radius 1 is 1.21 bits per heavy atom. The Hall–Kier alpha value is -2.41. The molecule has 1 saturated carbocycles. The van der Waals surface area contributed by atoms with Gasteiger partial charge in [-0.3, -0.25) is 9.59 Å². The molecule has 2 aromatic rings. The van der Waals surface area contributed by atoms with E-state index in [1.54, 1.807) is 4.90 Å². The zero-order valence-corrected chi connectivity index (χ0v) is 17.0. The number of rotatable bonds is 6. The molecule has 29 heavy (non-hydrogen) atoms. The van der Waals surface area contributed by atoms with Crippen LogP contribution in [-0.2, 0) is 21.4 Å². The molecule has 4 rings (SSSR count). The van der Waals surface area contributed by atoms with Gasteiger partial charge >= 0.3 is 0 Å². The molecule has 0 radical (unpaired) electrons. The van der Waals surface area contributed by atoms with E-state index in [1.807, 2.05) is 24.3 Å². The maximum atomic E-state index is 12.5. The Labute approximate surface area is 174 Å². The highest BCUT2D eigenvalue weighted by Crippen LogP contribution is 2.48. The highest BCUT2D eigenvalue weighted by Gasteiger charge is 2.45. The lowest BCUT2D eigenvalue weighted by Crippen LogP contribution is -2.44. The van der Waals surface area contributed by atoms with E-state index >= 15 is 0 Å². The van der Waals surface area contributed by atoms with Crippen LogP contribution in [0.2, 0.25) is 5.02 Å². The van der Waals surface area contributed by atoms with Crippen LogP contribution in [0.25, 0.3) is 0 Å². The predicted octanol–water partition coefficient (Wildman–Crippen LogP) is 2.85. The monoisotopic (exact) mass is 416 g/mol. The van der Waals surface area contributed by atoms with Crippen LogP contribution in [-0.4, -0.2) is 40.0 Å². The molecule has 0 unspecified atom stereocenters. The number of primary amides is 1. The van der Waals surface area contributed by atoms with Gasteiger partial charge < -0.3 is 15.1 Å². The lowest BCUT2D eigenvalue weighted by molar-refractivity contribution is -0.135. The summed E-state index contributed by atoms with van der Waals surface area (Å²) in [6, 6.07) is 7.79. The van der Waals surface area contributed by atoms with Crippen LogP contribution in [0.1, 0.15) is 55.9 Å². The van der Waals surface area contributed by atoms with Crippen molar-refractivity contribution < 1.29 is 14.0 Å². The van der Waals surface area contributed by atoms with Gasteiger partial charge in [-0.15, -0.1) is 10.2 Å². The van der Waals surface area contributed by atoms with E-state index in [2.05, 4.69) is 10.2 Å². The SMILES string of the molecule is NC(=O)[C@H]1CCCN(C(=O)CCc2nnc(C3(c4ccc(Cl)cc4)CCC3)o2)C1. The van der Waals surface area contributed by atoms with E-state index in [1.165, 1.54) is 0 Å². The summed E-state index contributed by atoms with van der Waals surface area (Å²) in [6.07, 6.45) is 5.23. The zero-order valence-electron chi connectivity index (χ0n) is 16.3. The van der Waals surface area contributed by atoms with Crippen LogP contribution >= 0.6 is 11.6 Å². The van der Waals surface area contributed by atoms with E-state index in [-0.39, 0.29) is 29.6 Å². The molecule has 1 saturated heterocycles. The molecule has 2 heterocycles. The number of carbonyl (C=O) groups is 2. The van der Waals surface area contributed by atoms with E-state index in [4.69, 9.17) is 21.8 Å². The molecule has 2 amide bonds. The first-order valence-corrected chi connectivity index (χ1v) is 10.5. The van der Waals surface area contributed by atoms with Gasteiger partial charge in [0.1, 0.15) is 0 Å². The smallest absolute Gasteiger partial charge is 0.227 e. The largest absolute Gasteiger partial charge is 0.424 e. The van der Waals surface area contributed by atoms with Gasteiger partial charge in [-0.05, 0) is 43.4 Å². The first kappa shape index (κ1) is 19.9. The van der Waals surface area contributed by atoms with Crippen molar-refractivity contribution in [3.05, 3.63) is 46.6 Å². The number of hydrogen-bond acceptors (Lipinski definition) is 5. The average molecular weight is 417 g/mol. The fourth-order valence-corrected chi connectivity index (χ4v) is 4.41. The van der Waals surface area contributed by atoms with Crippen molar-refractivity contribution in [3.8, 4) is 0 Å². The number of aromatic nitrogens is 2. The van der Waals surface area contributed by atoms with Gasteiger partial charge in [-0.1, -0.05) is 30.2 Å². The van der Waals surface area contributed by atoms with Crippen LogP contribution < -0.4 is 5.73 Å². The summed E-state index contributed by atoms with van der Waals surface area (Å²) in [5.74, 6) is 0.488. The third-order valence-electron chi connectivity index (χ3n) is 6.21. The Morgan fingerprint density at radius 3 is 2.62 bits per heavy atom. The van der Waals surface area contributed by atoms with Gasteiger partial charge in [-0.25, -0.2) is 0 Å². The number of nitrogens with zero attached hydrogens (tertiary/aromatic N) is 3. The number of aryl methyl sites for hydroxylation is 1. The average Bonchev–Trinajstić information content (AvgIpc) is 3.16. The highest BCUT2D eigenvalue weighted by atomic mass is 35.5. The summed E-state index contributed by atoms with van der Waals surface area (Å²) >= 11 is 6.02. The second-order valence-corrected chi connectivity index (χ2v) is 8.46. The summed E-state index contributed by atoms with van der Waals surface area (Å²) in [6.45, 7) is 1.07. The number of benzene rings is 1. The second kappa shape index (κ2) is 8.14. The Bertz CT molecular complexity index is 892. The van der Waals surface area contributed by atoms with E-state index in [9.17, 15) is 9.59 Å². The standard InChI is InChI=1S/C21H25ClN4O3/c22-16-6-4-15(5-7-16)21(10-2-11-21)20-25-24-17(29-20)8-9-18(27)26-12-1-3-14(13-26)19(23)28/h4-7,14H,1-3,8-13H2,(H2,23,28)/t14-/m0/s1. The number of likely N-dealkylation sites (tertiary alicyclic amines) is 1. The maximum Gasteiger partial charge on any atom is 0.227 e. The molecule has 1 aliphatic carbocycles. The molecule has 1 aromatic heterocycles. The fraction of sp³-hybridized carbons (Fsp3) is 0.524. The molecule has 1 aliphatic heterocycles. The lowest BCUT2D eigenvalue weighted by Gasteiger charge is -2.39. The van der Waals surface area contributed by atoms with Crippen molar-refractivity contribution in [2.24, 2.45) is 11.7 Å². The molecule has 2 aliphatic rings. The number of piperidine rings is 1. The summed E-state index contributed by atoms with van der Waals surface area (Å²) in [7, 11) is 0. The molecule has 1 aromatic carbocycles. The van der Waals surface area contributed by atoms with Crippen molar-refractivity contribution in [2.45, 2.75) is 50.4 Å². The van der Waals surface area contributed by atoms with Crippen LogP contribution in [0, 0.1) is 5.92 Å². The molecule has 8 heteroatoms. The van der Waals surface area contributed by atoms with Crippen molar-refractivity contribution in [1.82, 2.24) is 15.1 Å². The third kappa shape index (κ3) is 4.01. The maximum absolute atomic E-state index is 12.5. The van der Waals surface area contributed by atoms with Gasteiger partial charge in [0, 0.05) is 31.0 Å². The lowest BCUT2D eigenvalue weighted by atomic mass is 9.64. The van der Waals surface area contributed by atoms with Crippen LogP contribution in [0.5, 0.6) is 0 Å². The second-order valence-electron chi connectivity index (χ2n) is 8.02. The van der Waals surface area contributed by atoms with Crippen molar-refractivity contribution in [1.29, 1.82) is 0 Å². The number of carbonyl (C=O) groups excluding carboxylic acids is 2. The third-order valence-corrected chi connectivity index (χ3v) is 6.46. The summed E-state index contributed by atoms with van der Waals surface area (Å²) in [5, 5.41) is 9.18. The topological polar surface area (TPSA) is 102 Å². The number of nitrogens with two attached hydrogens (primary N) is 1.